The zero-order valence-electron chi connectivity index (χ0n) is 14.8. The van der Waals surface area contributed by atoms with Gasteiger partial charge < -0.3 is 19.9 Å². The van der Waals surface area contributed by atoms with Crippen LogP contribution in [-0.4, -0.2) is 32.1 Å². The minimum absolute atomic E-state index is 0.459. The van der Waals surface area contributed by atoms with Gasteiger partial charge in [0.1, 0.15) is 5.75 Å². The number of carbonyl (C=O) groups excluding carboxylic acids is 1. The zero-order chi connectivity index (χ0) is 18.8. The van der Waals surface area contributed by atoms with E-state index in [0.717, 1.165) is 11.3 Å². The van der Waals surface area contributed by atoms with Crippen molar-refractivity contribution in [1.29, 1.82) is 0 Å². The van der Waals surface area contributed by atoms with Crippen LogP contribution in [0.2, 0.25) is 0 Å². The highest BCUT2D eigenvalue weighted by Crippen LogP contribution is 2.28. The molecule has 2 aromatic rings. The maximum absolute atomic E-state index is 10.6. The quantitative estimate of drug-likeness (QED) is 0.321. The predicted octanol–water partition coefficient (Wildman–Crippen LogP) is 3.36. The van der Waals surface area contributed by atoms with E-state index in [9.17, 15) is 4.79 Å². The van der Waals surface area contributed by atoms with Gasteiger partial charge in [-0.1, -0.05) is 23.4 Å². The molecule has 0 aliphatic carbocycles. The van der Waals surface area contributed by atoms with E-state index < -0.39 is 6.09 Å². The molecule has 0 atom stereocenters. The fourth-order valence-electron chi connectivity index (χ4n) is 2.13. The number of carbonyl (C=O) groups is 1. The van der Waals surface area contributed by atoms with Crippen molar-refractivity contribution >= 4 is 11.8 Å². The third-order valence-electron chi connectivity index (χ3n) is 3.41. The van der Waals surface area contributed by atoms with Crippen LogP contribution in [0.1, 0.15) is 18.9 Å². The lowest BCUT2D eigenvalue weighted by Crippen LogP contribution is -2.11. The molecule has 1 amide bonds. The number of hydrogen-bond donors (Lipinski definition) is 1. The van der Waals surface area contributed by atoms with Gasteiger partial charge >= 0.3 is 6.09 Å². The van der Waals surface area contributed by atoms with Crippen LogP contribution in [0.25, 0.3) is 0 Å². The summed E-state index contributed by atoms with van der Waals surface area (Å²) in [5.74, 6) is 1.99. The van der Waals surface area contributed by atoms with E-state index in [0.29, 0.717) is 36.8 Å². The van der Waals surface area contributed by atoms with Gasteiger partial charge in [-0.15, -0.1) is 0 Å². The van der Waals surface area contributed by atoms with Gasteiger partial charge in [-0.2, -0.15) is 0 Å². The Hall–Kier alpha value is -3.22. The van der Waals surface area contributed by atoms with E-state index in [2.05, 4.69) is 9.99 Å². The topological polar surface area (TPSA) is 92.4 Å². The minimum Gasteiger partial charge on any atom is -0.493 e. The highest BCUT2D eigenvalue weighted by atomic mass is 16.7. The summed E-state index contributed by atoms with van der Waals surface area (Å²) in [5.41, 5.74) is 6.12. The van der Waals surface area contributed by atoms with Gasteiger partial charge in [-0.25, -0.2) is 4.79 Å². The largest absolute Gasteiger partial charge is 0.493 e. The number of primary amides is 1. The number of nitrogens with zero attached hydrogens (tertiary/aromatic N) is 1. The number of ether oxygens (including phenoxy) is 3. The number of oxime groups is 1. The molecule has 26 heavy (non-hydrogen) atoms. The number of benzene rings is 2. The Bertz CT molecular complexity index is 747. The molecule has 2 rings (SSSR count). The molecule has 0 unspecified atom stereocenters. The summed E-state index contributed by atoms with van der Waals surface area (Å²) in [4.78, 5) is 15.1. The van der Waals surface area contributed by atoms with Crippen molar-refractivity contribution in [3.63, 3.8) is 0 Å². The van der Waals surface area contributed by atoms with Gasteiger partial charge in [0.2, 0.25) is 0 Å². The molecule has 2 N–H and O–H groups in total. The maximum Gasteiger partial charge on any atom is 0.430 e. The molecule has 0 heterocycles. The third-order valence-corrected chi connectivity index (χ3v) is 3.41. The lowest BCUT2D eigenvalue weighted by Gasteiger charge is -2.12. The molecule has 0 saturated carbocycles. The van der Waals surface area contributed by atoms with Crippen LogP contribution >= 0.6 is 0 Å². The van der Waals surface area contributed by atoms with Crippen molar-refractivity contribution in [1.82, 2.24) is 0 Å². The second-order valence-electron chi connectivity index (χ2n) is 5.32. The van der Waals surface area contributed by atoms with Crippen LogP contribution in [-0.2, 0) is 4.84 Å². The molecule has 138 valence electrons. The standard InChI is InChI=1S/C19H22N2O5/c1-14(21-26-19(20)22)15-9-10-17(23-2)18(13-15)25-12-6-11-24-16-7-4-3-5-8-16/h3-5,7-10,13H,6,11-12H2,1-2H3,(H2,20,22). The molecular formula is C19H22N2O5. The van der Waals surface area contributed by atoms with E-state index in [1.807, 2.05) is 30.3 Å². The van der Waals surface area contributed by atoms with Gasteiger partial charge in [-0.05, 0) is 37.3 Å². The van der Waals surface area contributed by atoms with E-state index in [-0.39, 0.29) is 0 Å². The Morgan fingerprint density at radius 3 is 2.46 bits per heavy atom. The van der Waals surface area contributed by atoms with Gasteiger partial charge in [0.25, 0.3) is 0 Å². The Kier molecular flexibility index (Phi) is 7.30. The molecule has 0 spiro atoms. The van der Waals surface area contributed by atoms with Crippen LogP contribution in [0.4, 0.5) is 4.79 Å². The average molecular weight is 358 g/mol. The van der Waals surface area contributed by atoms with Crippen LogP contribution in [0.15, 0.2) is 53.7 Å². The molecule has 7 heteroatoms. The average Bonchev–Trinajstić information content (AvgIpc) is 2.66. The smallest absolute Gasteiger partial charge is 0.430 e. The van der Waals surface area contributed by atoms with Crippen molar-refractivity contribution in [2.45, 2.75) is 13.3 Å². The minimum atomic E-state index is -0.965. The summed E-state index contributed by atoms with van der Waals surface area (Å²) < 4.78 is 16.7. The highest BCUT2D eigenvalue weighted by molar-refractivity contribution is 5.99. The molecule has 0 bridgehead atoms. The van der Waals surface area contributed by atoms with Gasteiger partial charge in [0.05, 0.1) is 26.0 Å². The fraction of sp³-hybridized carbons (Fsp3) is 0.263. The predicted molar refractivity (Wildman–Crippen MR) is 97.9 cm³/mol. The van der Waals surface area contributed by atoms with E-state index in [1.165, 1.54) is 0 Å². The summed E-state index contributed by atoms with van der Waals surface area (Å²) in [6.07, 6.45) is -0.257. The number of amides is 1. The molecule has 2 aromatic carbocycles. The SMILES string of the molecule is COc1ccc(C(C)=NOC(N)=O)cc1OCCCOc1ccccc1. The van der Waals surface area contributed by atoms with E-state index >= 15 is 0 Å². The molecular weight excluding hydrogens is 336 g/mol. The summed E-state index contributed by atoms with van der Waals surface area (Å²) in [6, 6.07) is 14.9. The van der Waals surface area contributed by atoms with Crippen molar-refractivity contribution in [2.75, 3.05) is 20.3 Å². The first kappa shape index (κ1) is 19.1. The van der Waals surface area contributed by atoms with Crippen molar-refractivity contribution in [2.24, 2.45) is 10.9 Å². The number of hydrogen-bond acceptors (Lipinski definition) is 6. The van der Waals surface area contributed by atoms with Gasteiger partial charge in [0.15, 0.2) is 11.5 Å². The molecule has 7 nitrogen and oxygen atoms in total. The van der Waals surface area contributed by atoms with Crippen LogP contribution in [0.5, 0.6) is 17.2 Å². The fourth-order valence-corrected chi connectivity index (χ4v) is 2.13. The number of nitrogens with two attached hydrogens (primary N) is 1. The highest BCUT2D eigenvalue weighted by Gasteiger charge is 2.08. The summed E-state index contributed by atoms with van der Waals surface area (Å²) in [6.45, 7) is 2.70. The lowest BCUT2D eigenvalue weighted by atomic mass is 10.1. The Balaban J connectivity index is 1.91. The van der Waals surface area contributed by atoms with Crippen LogP contribution < -0.4 is 19.9 Å². The number of methoxy groups -OCH3 is 1. The first-order valence-electron chi connectivity index (χ1n) is 8.10. The summed E-state index contributed by atoms with van der Waals surface area (Å²) in [5, 5.41) is 3.66. The van der Waals surface area contributed by atoms with Gasteiger partial charge in [0, 0.05) is 12.0 Å². The normalized spacial score (nSPS) is 10.9. The maximum atomic E-state index is 10.6. The van der Waals surface area contributed by atoms with E-state index in [1.54, 1.807) is 32.2 Å². The first-order chi connectivity index (χ1) is 12.6. The molecule has 0 aliphatic rings. The molecule has 0 aliphatic heterocycles. The van der Waals surface area contributed by atoms with Crippen molar-refractivity contribution in [3.8, 4) is 17.2 Å². The van der Waals surface area contributed by atoms with Crippen LogP contribution in [0, 0.1) is 0 Å². The lowest BCUT2D eigenvalue weighted by molar-refractivity contribution is 0.161. The Labute approximate surface area is 152 Å². The van der Waals surface area contributed by atoms with Crippen molar-refractivity contribution in [3.05, 3.63) is 54.1 Å². The second-order valence-corrected chi connectivity index (χ2v) is 5.32. The monoisotopic (exact) mass is 358 g/mol. The number of para-hydroxylation sites is 1. The first-order valence-corrected chi connectivity index (χ1v) is 8.10. The van der Waals surface area contributed by atoms with Crippen LogP contribution in [0.3, 0.4) is 0 Å². The van der Waals surface area contributed by atoms with Gasteiger partial charge in [-0.3, -0.25) is 4.84 Å². The zero-order valence-corrected chi connectivity index (χ0v) is 14.8. The third kappa shape index (κ3) is 6.01. The summed E-state index contributed by atoms with van der Waals surface area (Å²) in [7, 11) is 1.57. The number of rotatable bonds is 9. The van der Waals surface area contributed by atoms with E-state index in [4.69, 9.17) is 19.9 Å². The molecule has 0 radical (unpaired) electrons. The molecule has 0 fully saturated rings. The Morgan fingerprint density at radius 1 is 1.04 bits per heavy atom. The molecule has 0 saturated heterocycles. The van der Waals surface area contributed by atoms with Crippen molar-refractivity contribution < 1.29 is 23.8 Å². The Morgan fingerprint density at radius 2 is 1.77 bits per heavy atom. The molecule has 0 aromatic heterocycles. The second kappa shape index (κ2) is 9.93. The summed E-state index contributed by atoms with van der Waals surface area (Å²) >= 11 is 0.